The molecule has 0 aliphatic rings. The lowest BCUT2D eigenvalue weighted by molar-refractivity contribution is -0.141. The number of hydrogen-bond donors (Lipinski definition) is 2. The van der Waals surface area contributed by atoms with Gasteiger partial charge in [0.15, 0.2) is 0 Å². The van der Waals surface area contributed by atoms with E-state index in [2.05, 4.69) is 4.98 Å². The minimum absolute atomic E-state index is 0.00617. The maximum absolute atomic E-state index is 12.9. The van der Waals surface area contributed by atoms with Crippen LogP contribution in [0.15, 0.2) is 42.7 Å². The normalized spacial score (nSPS) is 13.1. The number of fused-ring (bicyclic) bond motifs is 1. The van der Waals surface area contributed by atoms with Crippen molar-refractivity contribution in [2.45, 2.75) is 25.7 Å². The monoisotopic (exact) mass is 519 g/mol. The van der Waals surface area contributed by atoms with Gasteiger partial charge in [0, 0.05) is 6.42 Å². The molecule has 0 amide bonds. The van der Waals surface area contributed by atoms with Crippen molar-refractivity contribution in [3.8, 4) is 0 Å². The van der Waals surface area contributed by atoms with E-state index >= 15 is 0 Å². The zero-order valence-electron chi connectivity index (χ0n) is 17.8. The number of imidazole rings is 1. The van der Waals surface area contributed by atoms with Crippen LogP contribution in [0.3, 0.4) is 0 Å². The van der Waals surface area contributed by atoms with Crippen molar-refractivity contribution in [1.82, 2.24) is 9.55 Å². The second-order valence-electron chi connectivity index (χ2n) is 7.27. The van der Waals surface area contributed by atoms with Crippen LogP contribution in [0.4, 0.5) is 18.9 Å². The summed E-state index contributed by atoms with van der Waals surface area (Å²) in [6, 6.07) is 7.56. The number of alkyl halides is 3. The Hall–Kier alpha value is -2.87. The number of esters is 1. The van der Waals surface area contributed by atoms with Crippen molar-refractivity contribution in [2.24, 2.45) is 10.9 Å². The Balaban J connectivity index is 1.84. The zero-order valence-corrected chi connectivity index (χ0v) is 19.4. The van der Waals surface area contributed by atoms with Gasteiger partial charge in [0.2, 0.25) is 0 Å². The van der Waals surface area contributed by atoms with Gasteiger partial charge < -0.3 is 15.0 Å². The molecule has 1 atom stereocenters. The van der Waals surface area contributed by atoms with Crippen molar-refractivity contribution < 1.29 is 31.1 Å². The molecule has 14 heteroatoms. The van der Waals surface area contributed by atoms with Gasteiger partial charge in [-0.1, -0.05) is 17.7 Å². The number of halogens is 4. The topological polar surface area (TPSA) is 134 Å². The van der Waals surface area contributed by atoms with Crippen LogP contribution in [0.1, 0.15) is 24.2 Å². The van der Waals surface area contributed by atoms with Crippen LogP contribution in [0, 0.1) is 0 Å². The summed E-state index contributed by atoms with van der Waals surface area (Å²) in [7, 11) is -4.33. The number of rotatable bonds is 8. The number of carbonyl (C=O) groups excluding carboxylic acids is 1. The average molecular weight is 520 g/mol. The molecule has 34 heavy (non-hydrogen) atoms. The molecule has 1 aromatic heterocycles. The molecule has 0 aliphatic carbocycles. The van der Waals surface area contributed by atoms with E-state index in [4.69, 9.17) is 27.2 Å². The van der Waals surface area contributed by atoms with Crippen molar-refractivity contribution in [1.29, 1.82) is 0 Å². The van der Waals surface area contributed by atoms with E-state index in [0.29, 0.717) is 15.4 Å². The van der Waals surface area contributed by atoms with Crippen molar-refractivity contribution in [3.63, 3.8) is 0 Å². The summed E-state index contributed by atoms with van der Waals surface area (Å²) < 4.78 is 69.7. The predicted molar refractivity (Wildman–Crippen MR) is 120 cm³/mol. The van der Waals surface area contributed by atoms with E-state index < -0.39 is 40.6 Å². The number of ether oxygens (including phenoxy) is 1. The summed E-state index contributed by atoms with van der Waals surface area (Å²) in [6.45, 7) is 0.970. The first kappa shape index (κ1) is 25.7. The van der Waals surface area contributed by atoms with Gasteiger partial charge in [0.25, 0.3) is 10.2 Å². The van der Waals surface area contributed by atoms with Crippen molar-refractivity contribution >= 4 is 44.5 Å². The van der Waals surface area contributed by atoms with Gasteiger partial charge in [-0.05, 0) is 42.8 Å². The number of anilines is 1. The highest BCUT2D eigenvalue weighted by molar-refractivity contribution is 7.90. The first-order chi connectivity index (χ1) is 15.8. The van der Waals surface area contributed by atoms with Gasteiger partial charge in [0.05, 0.1) is 46.4 Å². The maximum Gasteiger partial charge on any atom is 0.416 e. The maximum atomic E-state index is 12.9. The molecule has 0 bridgehead atoms. The first-order valence-corrected chi connectivity index (χ1v) is 11.7. The average Bonchev–Trinajstić information content (AvgIpc) is 3.15. The van der Waals surface area contributed by atoms with Crippen molar-refractivity contribution in [3.05, 3.63) is 58.9 Å². The summed E-state index contributed by atoms with van der Waals surface area (Å²) in [5.41, 5.74) is 6.56. The lowest BCUT2D eigenvalue weighted by atomic mass is 10.1. The van der Waals surface area contributed by atoms with Crippen LogP contribution in [0.2, 0.25) is 5.02 Å². The minimum Gasteiger partial charge on any atom is -0.465 e. The second kappa shape index (κ2) is 9.78. The highest BCUT2D eigenvalue weighted by Crippen LogP contribution is 2.32. The van der Waals surface area contributed by atoms with E-state index in [9.17, 15) is 26.4 Å². The highest BCUT2D eigenvalue weighted by atomic mass is 35.5. The largest absolute Gasteiger partial charge is 0.465 e. The third-order valence-corrected chi connectivity index (χ3v) is 6.11. The highest BCUT2D eigenvalue weighted by Gasteiger charge is 2.31. The van der Waals surface area contributed by atoms with Gasteiger partial charge in [-0.25, -0.2) is 14.4 Å². The van der Waals surface area contributed by atoms with Crippen LogP contribution in [0.25, 0.3) is 11.0 Å². The van der Waals surface area contributed by atoms with Gasteiger partial charge in [-0.3, -0.25) is 4.79 Å². The number of hydrogen-bond acceptors (Lipinski definition) is 6. The number of nitrogens with zero attached hydrogens (tertiary/aromatic N) is 3. The SMILES string of the molecule is CCOC(=O)CN(c1ccc(CC(N)n2cnc3cc(C(F)(F)F)ccc32)cc1Cl)S(N)(=O)=O. The molecular weight excluding hydrogens is 499 g/mol. The molecule has 3 aromatic rings. The number of carbonyl (C=O) groups is 1. The molecule has 0 saturated carbocycles. The third-order valence-electron chi connectivity index (χ3n) is 4.87. The second-order valence-corrected chi connectivity index (χ2v) is 9.14. The molecule has 0 spiro atoms. The Bertz CT molecular complexity index is 1310. The Labute approximate surface area is 198 Å². The molecule has 3 rings (SSSR count). The Morgan fingerprint density at radius 3 is 2.56 bits per heavy atom. The smallest absolute Gasteiger partial charge is 0.416 e. The van der Waals surface area contributed by atoms with E-state index in [-0.39, 0.29) is 29.3 Å². The third kappa shape index (κ3) is 5.78. The lowest BCUT2D eigenvalue weighted by Gasteiger charge is -2.22. The van der Waals surface area contributed by atoms with Gasteiger partial charge in [-0.2, -0.15) is 21.6 Å². The van der Waals surface area contributed by atoms with E-state index in [1.165, 1.54) is 29.1 Å². The summed E-state index contributed by atoms with van der Waals surface area (Å²) in [4.78, 5) is 15.8. The molecule has 1 unspecified atom stereocenters. The van der Waals surface area contributed by atoms with Crippen LogP contribution in [0.5, 0.6) is 0 Å². The summed E-state index contributed by atoms with van der Waals surface area (Å²) >= 11 is 6.27. The molecule has 0 fully saturated rings. The molecule has 0 aliphatic heterocycles. The fourth-order valence-electron chi connectivity index (χ4n) is 3.33. The lowest BCUT2D eigenvalue weighted by Crippen LogP contribution is -2.41. The van der Waals surface area contributed by atoms with Gasteiger partial charge in [0.1, 0.15) is 6.54 Å². The molecule has 0 saturated heterocycles. The molecule has 9 nitrogen and oxygen atoms in total. The number of aromatic nitrogens is 2. The van der Waals surface area contributed by atoms with Crippen molar-refractivity contribution in [2.75, 3.05) is 17.5 Å². The molecule has 4 N–H and O–H groups in total. The molecule has 184 valence electrons. The zero-order chi connectivity index (χ0) is 25.3. The van der Waals surface area contributed by atoms with Crippen LogP contribution in [-0.4, -0.2) is 37.1 Å². The Morgan fingerprint density at radius 2 is 1.97 bits per heavy atom. The Morgan fingerprint density at radius 1 is 1.26 bits per heavy atom. The van der Waals surface area contributed by atoms with E-state index in [0.717, 1.165) is 12.1 Å². The molecule has 1 heterocycles. The predicted octanol–water partition coefficient (Wildman–Crippen LogP) is 2.98. The molecule has 0 radical (unpaired) electrons. The summed E-state index contributed by atoms with van der Waals surface area (Å²) in [5, 5.41) is 5.22. The standard InChI is InChI=1S/C20H21ClF3N5O4S/c1-2-33-19(30)10-29(34(26,31)32)16-5-3-12(7-14(16)21)8-18(25)28-11-27-15-9-13(20(22,23)24)4-6-17(15)28/h3-7,9,11,18H,2,8,10,25H2,1H3,(H2,26,31,32). The quantitative estimate of drug-likeness (QED) is 0.439. The number of nitrogens with two attached hydrogens (primary N) is 2. The summed E-state index contributed by atoms with van der Waals surface area (Å²) in [6.07, 6.45) is -3.66. The first-order valence-electron chi connectivity index (χ1n) is 9.85. The fraction of sp³-hybridized carbons (Fsp3) is 0.300. The molecule has 2 aromatic carbocycles. The van der Waals surface area contributed by atoms with Gasteiger partial charge in [-0.15, -0.1) is 0 Å². The number of benzene rings is 2. The van der Waals surface area contributed by atoms with Crippen LogP contribution < -0.4 is 15.2 Å². The van der Waals surface area contributed by atoms with Crippen LogP contribution in [-0.2, 0) is 32.3 Å². The fourth-order valence-corrected chi connectivity index (χ4v) is 4.40. The van der Waals surface area contributed by atoms with E-state index in [1.807, 2.05) is 0 Å². The Kier molecular flexibility index (Phi) is 7.41. The molecular formula is C20H21ClF3N5O4S. The van der Waals surface area contributed by atoms with Gasteiger partial charge >= 0.3 is 12.1 Å². The summed E-state index contributed by atoms with van der Waals surface area (Å²) in [5.74, 6) is -0.806. The van der Waals surface area contributed by atoms with Crippen LogP contribution >= 0.6 is 11.6 Å². The minimum atomic E-state index is -4.49. The van der Waals surface area contributed by atoms with E-state index in [1.54, 1.807) is 13.0 Å².